The number of methoxy groups -OCH3 is 2. The van der Waals surface area contributed by atoms with E-state index in [4.69, 9.17) is 9.47 Å². The summed E-state index contributed by atoms with van der Waals surface area (Å²) < 4.78 is 10.5. The van der Waals surface area contributed by atoms with E-state index in [2.05, 4.69) is 36.2 Å². The zero-order valence-corrected chi connectivity index (χ0v) is 19.5. The molecule has 0 fully saturated rings. The molecular formula is C25H25N7O3. The van der Waals surface area contributed by atoms with Crippen molar-refractivity contribution >= 4 is 40.5 Å². The highest BCUT2D eigenvalue weighted by molar-refractivity contribution is 6.00. The van der Waals surface area contributed by atoms with Gasteiger partial charge in [0, 0.05) is 35.4 Å². The molecule has 10 heteroatoms. The van der Waals surface area contributed by atoms with Crippen molar-refractivity contribution in [3.63, 3.8) is 0 Å². The first-order chi connectivity index (χ1) is 17.0. The molecule has 2 amide bonds. The Kier molecular flexibility index (Phi) is 7.22. The Bertz CT molecular complexity index is 1300. The summed E-state index contributed by atoms with van der Waals surface area (Å²) in [5.74, 6) is 3.67. The van der Waals surface area contributed by atoms with E-state index in [1.165, 1.54) is 7.11 Å². The van der Waals surface area contributed by atoms with Crippen molar-refractivity contribution in [2.24, 2.45) is 0 Å². The third-order valence-corrected chi connectivity index (χ3v) is 4.82. The van der Waals surface area contributed by atoms with Gasteiger partial charge in [0.2, 0.25) is 0 Å². The number of rotatable bonds is 8. The van der Waals surface area contributed by atoms with Crippen LogP contribution in [0.5, 0.6) is 11.5 Å². The number of aryl methyl sites for hydroxylation is 1. The molecule has 0 atom stereocenters. The molecule has 0 bridgehead atoms. The van der Waals surface area contributed by atoms with Crippen LogP contribution >= 0.6 is 0 Å². The van der Waals surface area contributed by atoms with E-state index in [0.717, 1.165) is 5.69 Å². The fraction of sp³-hybridized carbons (Fsp3) is 0.120. The molecule has 4 aromatic rings. The number of nitrogens with zero attached hydrogens (tertiary/aromatic N) is 3. The van der Waals surface area contributed by atoms with Crippen LogP contribution < -0.4 is 30.7 Å². The number of anilines is 6. The molecule has 0 aliphatic rings. The first-order valence-corrected chi connectivity index (χ1v) is 10.7. The predicted octanol–water partition coefficient (Wildman–Crippen LogP) is 5.33. The quantitative estimate of drug-likeness (QED) is 0.272. The summed E-state index contributed by atoms with van der Waals surface area (Å²) in [7, 11) is 3.10. The van der Waals surface area contributed by atoms with Gasteiger partial charge in [0.05, 0.1) is 14.2 Å². The Labute approximate surface area is 202 Å². The van der Waals surface area contributed by atoms with Crippen molar-refractivity contribution in [2.75, 3.05) is 35.5 Å². The molecule has 0 aliphatic carbocycles. The Balaban J connectivity index is 1.37. The summed E-state index contributed by atoms with van der Waals surface area (Å²) in [5, 5.41) is 12.0. The fourth-order valence-electron chi connectivity index (χ4n) is 3.26. The van der Waals surface area contributed by atoms with Crippen LogP contribution in [0, 0.1) is 6.92 Å². The average molecular weight is 472 g/mol. The third kappa shape index (κ3) is 6.35. The summed E-state index contributed by atoms with van der Waals surface area (Å²) in [6, 6.07) is 19.4. The lowest BCUT2D eigenvalue weighted by Gasteiger charge is -2.12. The molecule has 2 aromatic heterocycles. The first kappa shape index (κ1) is 23.3. The van der Waals surface area contributed by atoms with Crippen LogP contribution in [-0.4, -0.2) is 35.2 Å². The SMILES string of the molecule is COc1ccc(NC(=O)Nc2ccc(Nc3cc(Nc4ccccn4)nc(C)n3)cc2)cc1OC. The van der Waals surface area contributed by atoms with E-state index in [1.54, 1.807) is 49.7 Å². The number of carbonyl (C=O) groups excluding carboxylic acids is 1. The highest BCUT2D eigenvalue weighted by Gasteiger charge is 2.08. The summed E-state index contributed by atoms with van der Waals surface area (Å²) >= 11 is 0. The molecule has 0 radical (unpaired) electrons. The molecule has 0 saturated carbocycles. The van der Waals surface area contributed by atoms with Gasteiger partial charge in [-0.25, -0.2) is 19.7 Å². The summed E-state index contributed by atoms with van der Waals surface area (Å²) in [5.41, 5.74) is 2.01. The normalized spacial score (nSPS) is 10.3. The smallest absolute Gasteiger partial charge is 0.323 e. The number of urea groups is 1. The van der Waals surface area contributed by atoms with E-state index in [1.807, 2.05) is 37.3 Å². The average Bonchev–Trinajstić information content (AvgIpc) is 2.85. The Morgan fingerprint density at radius 3 is 2.06 bits per heavy atom. The number of hydrogen-bond donors (Lipinski definition) is 4. The van der Waals surface area contributed by atoms with Crippen LogP contribution in [0.3, 0.4) is 0 Å². The van der Waals surface area contributed by atoms with Crippen LogP contribution in [0.15, 0.2) is 72.9 Å². The number of ether oxygens (including phenoxy) is 2. The van der Waals surface area contributed by atoms with Gasteiger partial charge in [0.1, 0.15) is 23.3 Å². The topological polar surface area (TPSA) is 122 Å². The number of aromatic nitrogens is 3. The van der Waals surface area contributed by atoms with Crippen molar-refractivity contribution < 1.29 is 14.3 Å². The molecule has 2 heterocycles. The molecular weight excluding hydrogens is 446 g/mol. The number of amides is 2. The van der Waals surface area contributed by atoms with Crippen LogP contribution in [0.25, 0.3) is 0 Å². The Hall–Kier alpha value is -4.86. The molecule has 10 nitrogen and oxygen atoms in total. The van der Waals surface area contributed by atoms with E-state index in [0.29, 0.717) is 46.2 Å². The van der Waals surface area contributed by atoms with E-state index in [9.17, 15) is 4.79 Å². The number of benzene rings is 2. The van der Waals surface area contributed by atoms with Gasteiger partial charge >= 0.3 is 6.03 Å². The van der Waals surface area contributed by atoms with Gasteiger partial charge < -0.3 is 30.7 Å². The maximum absolute atomic E-state index is 12.4. The van der Waals surface area contributed by atoms with Gasteiger partial charge in [0.15, 0.2) is 11.5 Å². The lowest BCUT2D eigenvalue weighted by molar-refractivity contribution is 0.262. The second kappa shape index (κ2) is 10.8. The molecule has 0 unspecified atom stereocenters. The van der Waals surface area contributed by atoms with Crippen molar-refractivity contribution in [3.8, 4) is 11.5 Å². The maximum Gasteiger partial charge on any atom is 0.323 e. The zero-order chi connectivity index (χ0) is 24.6. The molecule has 0 saturated heterocycles. The maximum atomic E-state index is 12.4. The molecule has 0 aliphatic heterocycles. The summed E-state index contributed by atoms with van der Waals surface area (Å²) in [6.07, 6.45) is 1.71. The second-order valence-electron chi connectivity index (χ2n) is 7.38. The number of hydrogen-bond acceptors (Lipinski definition) is 8. The molecule has 178 valence electrons. The number of pyridine rings is 1. The monoisotopic (exact) mass is 471 g/mol. The van der Waals surface area contributed by atoms with Gasteiger partial charge in [-0.3, -0.25) is 0 Å². The van der Waals surface area contributed by atoms with E-state index >= 15 is 0 Å². The van der Waals surface area contributed by atoms with Crippen LogP contribution in [-0.2, 0) is 0 Å². The fourth-order valence-corrected chi connectivity index (χ4v) is 3.26. The lowest BCUT2D eigenvalue weighted by atomic mass is 10.2. The second-order valence-corrected chi connectivity index (χ2v) is 7.38. The zero-order valence-electron chi connectivity index (χ0n) is 19.5. The van der Waals surface area contributed by atoms with Gasteiger partial charge in [-0.2, -0.15) is 0 Å². The van der Waals surface area contributed by atoms with Crippen LogP contribution in [0.1, 0.15) is 5.82 Å². The summed E-state index contributed by atoms with van der Waals surface area (Å²) in [6.45, 7) is 1.82. The Morgan fingerprint density at radius 1 is 0.714 bits per heavy atom. The van der Waals surface area contributed by atoms with Crippen LogP contribution in [0.4, 0.5) is 39.3 Å². The largest absolute Gasteiger partial charge is 0.493 e. The van der Waals surface area contributed by atoms with Crippen molar-refractivity contribution in [3.05, 3.63) is 78.8 Å². The van der Waals surface area contributed by atoms with Crippen molar-refractivity contribution in [1.82, 2.24) is 15.0 Å². The molecule has 35 heavy (non-hydrogen) atoms. The molecule has 2 aromatic carbocycles. The van der Waals surface area contributed by atoms with Gasteiger partial charge in [-0.15, -0.1) is 0 Å². The Morgan fingerprint density at radius 2 is 1.37 bits per heavy atom. The highest BCUT2D eigenvalue weighted by Crippen LogP contribution is 2.30. The number of nitrogens with one attached hydrogen (secondary N) is 4. The molecule has 4 N–H and O–H groups in total. The first-order valence-electron chi connectivity index (χ1n) is 10.7. The molecule has 0 spiro atoms. The number of carbonyl (C=O) groups is 1. The minimum absolute atomic E-state index is 0.380. The highest BCUT2D eigenvalue weighted by atomic mass is 16.5. The van der Waals surface area contributed by atoms with E-state index < -0.39 is 0 Å². The molecule has 4 rings (SSSR count). The van der Waals surface area contributed by atoms with E-state index in [-0.39, 0.29) is 6.03 Å². The van der Waals surface area contributed by atoms with Gasteiger partial charge in [-0.05, 0) is 55.5 Å². The van der Waals surface area contributed by atoms with Gasteiger partial charge in [-0.1, -0.05) is 6.07 Å². The predicted molar refractivity (Wildman–Crippen MR) is 136 cm³/mol. The minimum Gasteiger partial charge on any atom is -0.493 e. The van der Waals surface area contributed by atoms with Crippen molar-refractivity contribution in [2.45, 2.75) is 6.92 Å². The standard InChI is InChI=1S/C25H25N7O3/c1-16-27-23(15-24(28-16)32-22-6-4-5-13-26-22)29-17-7-9-18(10-8-17)30-25(33)31-19-11-12-20(34-2)21(14-19)35-3/h4-15H,1-3H3,(H2,30,31,33)(H2,26,27,28,29,32). The minimum atomic E-state index is -0.380. The van der Waals surface area contributed by atoms with Crippen molar-refractivity contribution in [1.29, 1.82) is 0 Å². The van der Waals surface area contributed by atoms with Crippen LogP contribution in [0.2, 0.25) is 0 Å². The summed E-state index contributed by atoms with van der Waals surface area (Å²) in [4.78, 5) is 25.5. The third-order valence-electron chi connectivity index (χ3n) is 4.82. The van der Waals surface area contributed by atoms with Gasteiger partial charge in [0.25, 0.3) is 0 Å². The lowest BCUT2D eigenvalue weighted by Crippen LogP contribution is -2.19.